The smallest absolute Gasteiger partial charge is 0.250 e. The van der Waals surface area contributed by atoms with E-state index in [1.807, 2.05) is 0 Å². The third-order valence-electron chi connectivity index (χ3n) is 5.90. The topological polar surface area (TPSA) is 68.7 Å². The Balaban J connectivity index is 1.33. The number of piperidine rings is 1. The van der Waals surface area contributed by atoms with Crippen molar-refractivity contribution >= 4 is 10.0 Å². The van der Waals surface area contributed by atoms with Crippen molar-refractivity contribution in [3.63, 3.8) is 0 Å². The first kappa shape index (κ1) is 18.1. The molecule has 8 heteroatoms. The van der Waals surface area contributed by atoms with E-state index >= 15 is 0 Å². The number of halogens is 1. The maximum atomic E-state index is 13.6. The molecule has 0 aromatic carbocycles. The van der Waals surface area contributed by atoms with Crippen LogP contribution in [-0.2, 0) is 14.8 Å². The third-order valence-corrected chi connectivity index (χ3v) is 8.30. The van der Waals surface area contributed by atoms with Gasteiger partial charge in [0.15, 0.2) is 5.82 Å². The molecule has 26 heavy (non-hydrogen) atoms. The van der Waals surface area contributed by atoms with Gasteiger partial charge in [-0.15, -0.1) is 0 Å². The molecular weight excluding hydrogens is 359 g/mol. The Bertz CT molecular complexity index is 745. The fourth-order valence-electron chi connectivity index (χ4n) is 4.22. The molecule has 1 aliphatic carbocycles. The summed E-state index contributed by atoms with van der Waals surface area (Å²) >= 11 is 0. The molecule has 3 heterocycles. The molecule has 0 radical (unpaired) electrons. The minimum Gasteiger partial charge on any atom is -0.476 e. The summed E-state index contributed by atoms with van der Waals surface area (Å²) in [7, 11) is -3.11. The van der Waals surface area contributed by atoms with Crippen molar-refractivity contribution in [2.24, 2.45) is 5.92 Å². The van der Waals surface area contributed by atoms with Gasteiger partial charge >= 0.3 is 0 Å². The van der Waals surface area contributed by atoms with Gasteiger partial charge in [-0.3, -0.25) is 0 Å². The minimum atomic E-state index is -3.11. The molecule has 0 bridgehead atoms. The van der Waals surface area contributed by atoms with E-state index in [9.17, 15) is 12.8 Å². The summed E-state index contributed by atoms with van der Waals surface area (Å²) in [5, 5.41) is -0.154. The number of aromatic nitrogens is 1. The molecule has 1 spiro atoms. The van der Waals surface area contributed by atoms with Crippen LogP contribution in [0.4, 0.5) is 4.39 Å². The summed E-state index contributed by atoms with van der Waals surface area (Å²) in [6.07, 6.45) is 6.24. The lowest BCUT2D eigenvalue weighted by Gasteiger charge is -2.41. The van der Waals surface area contributed by atoms with Crippen LogP contribution < -0.4 is 4.74 Å². The predicted octanol–water partition coefficient (Wildman–Crippen LogP) is 2.35. The average Bonchev–Trinajstić information content (AvgIpc) is 3.43. The summed E-state index contributed by atoms with van der Waals surface area (Å²) in [5.41, 5.74) is -0.262. The molecule has 4 rings (SSSR count). The van der Waals surface area contributed by atoms with E-state index in [1.54, 1.807) is 4.31 Å². The van der Waals surface area contributed by atoms with E-state index in [0.717, 1.165) is 38.5 Å². The van der Waals surface area contributed by atoms with Gasteiger partial charge in [0.1, 0.15) is 0 Å². The van der Waals surface area contributed by atoms with Gasteiger partial charge in [-0.1, -0.05) is 0 Å². The Labute approximate surface area is 153 Å². The van der Waals surface area contributed by atoms with Crippen LogP contribution in [-0.4, -0.2) is 54.9 Å². The standard InChI is InChI=1S/C18H25FN2O4S/c19-16-2-1-9-20-17(16)24-12-5-14-6-13-25-18(14)7-10-21(11-8-18)26(22,23)15-3-4-15/h1-2,9,14-15H,3-8,10-13H2/t14-/m1/s1. The van der Waals surface area contributed by atoms with E-state index in [1.165, 1.54) is 18.3 Å². The summed E-state index contributed by atoms with van der Waals surface area (Å²) in [6.45, 7) is 2.14. The van der Waals surface area contributed by atoms with Crippen LogP contribution in [0.15, 0.2) is 18.3 Å². The fourth-order valence-corrected chi connectivity index (χ4v) is 6.06. The number of hydrogen-bond acceptors (Lipinski definition) is 5. The van der Waals surface area contributed by atoms with Gasteiger partial charge in [0, 0.05) is 25.9 Å². The van der Waals surface area contributed by atoms with Crippen LogP contribution in [0.25, 0.3) is 0 Å². The Hall–Kier alpha value is -1.25. The zero-order valence-electron chi connectivity index (χ0n) is 14.8. The normalized spacial score (nSPS) is 26.3. The largest absolute Gasteiger partial charge is 0.476 e. The highest BCUT2D eigenvalue weighted by Gasteiger charge is 2.49. The quantitative estimate of drug-likeness (QED) is 0.753. The first-order chi connectivity index (χ1) is 12.5. The second-order valence-electron chi connectivity index (χ2n) is 7.47. The Morgan fingerprint density at radius 3 is 2.77 bits per heavy atom. The molecule has 1 aromatic heterocycles. The first-order valence-corrected chi connectivity index (χ1v) is 10.9. The second-order valence-corrected chi connectivity index (χ2v) is 9.68. The van der Waals surface area contributed by atoms with Gasteiger partial charge < -0.3 is 9.47 Å². The lowest BCUT2D eigenvalue weighted by Crippen LogP contribution is -2.50. The van der Waals surface area contributed by atoms with Crippen LogP contribution >= 0.6 is 0 Å². The molecule has 3 aliphatic rings. The zero-order valence-corrected chi connectivity index (χ0v) is 15.6. The van der Waals surface area contributed by atoms with Gasteiger partial charge in [0.25, 0.3) is 0 Å². The average molecular weight is 384 g/mol. The van der Waals surface area contributed by atoms with Crippen molar-refractivity contribution in [3.05, 3.63) is 24.1 Å². The van der Waals surface area contributed by atoms with Gasteiger partial charge in [-0.25, -0.2) is 22.1 Å². The Morgan fingerprint density at radius 1 is 1.31 bits per heavy atom. The monoisotopic (exact) mass is 384 g/mol. The number of hydrogen-bond donors (Lipinski definition) is 0. The van der Waals surface area contributed by atoms with Gasteiger partial charge in [-0.05, 0) is 56.6 Å². The van der Waals surface area contributed by atoms with Crippen LogP contribution in [0.2, 0.25) is 0 Å². The molecule has 0 amide bonds. The van der Waals surface area contributed by atoms with Crippen molar-refractivity contribution in [1.29, 1.82) is 0 Å². The predicted molar refractivity (Wildman–Crippen MR) is 93.8 cm³/mol. The van der Waals surface area contributed by atoms with Crippen molar-refractivity contribution < 1.29 is 22.3 Å². The van der Waals surface area contributed by atoms with E-state index in [-0.39, 0.29) is 16.7 Å². The molecule has 6 nitrogen and oxygen atoms in total. The van der Waals surface area contributed by atoms with Gasteiger partial charge in [0.2, 0.25) is 15.9 Å². The molecule has 0 unspecified atom stereocenters. The molecule has 2 saturated heterocycles. The molecule has 0 N–H and O–H groups in total. The first-order valence-electron chi connectivity index (χ1n) is 9.37. The highest BCUT2D eigenvalue weighted by molar-refractivity contribution is 7.90. The zero-order chi connectivity index (χ0) is 18.2. The van der Waals surface area contributed by atoms with Gasteiger partial charge in [-0.2, -0.15) is 0 Å². The lowest BCUT2D eigenvalue weighted by molar-refractivity contribution is -0.0590. The van der Waals surface area contributed by atoms with Crippen LogP contribution in [0, 0.1) is 11.7 Å². The van der Waals surface area contributed by atoms with Gasteiger partial charge in [0.05, 0.1) is 17.5 Å². The molecular formula is C18H25FN2O4S. The maximum absolute atomic E-state index is 13.6. The van der Waals surface area contributed by atoms with E-state index in [4.69, 9.17) is 9.47 Å². The maximum Gasteiger partial charge on any atom is 0.250 e. The summed E-state index contributed by atoms with van der Waals surface area (Å²) in [6, 6.07) is 2.87. The Morgan fingerprint density at radius 2 is 2.08 bits per heavy atom. The lowest BCUT2D eigenvalue weighted by atomic mass is 9.78. The van der Waals surface area contributed by atoms with Crippen LogP contribution in [0.5, 0.6) is 5.88 Å². The highest BCUT2D eigenvalue weighted by Crippen LogP contribution is 2.44. The minimum absolute atomic E-state index is 0.0332. The Kier molecular flexibility index (Phi) is 4.92. The fraction of sp³-hybridized carbons (Fsp3) is 0.722. The second kappa shape index (κ2) is 7.05. The molecule has 1 atom stereocenters. The SMILES string of the molecule is O=S(=O)(C1CC1)N1CCC2(CC1)OCC[C@H]2CCOc1ncccc1F. The number of nitrogens with zero attached hydrogens (tertiary/aromatic N) is 2. The van der Waals surface area contributed by atoms with Crippen molar-refractivity contribution in [2.75, 3.05) is 26.3 Å². The number of rotatable bonds is 6. The molecule has 2 aliphatic heterocycles. The number of sulfonamides is 1. The van der Waals surface area contributed by atoms with Crippen molar-refractivity contribution in [3.8, 4) is 5.88 Å². The molecule has 3 fully saturated rings. The molecule has 1 aromatic rings. The highest BCUT2D eigenvalue weighted by atomic mass is 32.2. The summed E-state index contributed by atoms with van der Waals surface area (Å²) in [5.74, 6) is -0.116. The number of ether oxygens (including phenoxy) is 2. The van der Waals surface area contributed by atoms with Crippen molar-refractivity contribution in [2.45, 2.75) is 49.4 Å². The van der Waals surface area contributed by atoms with Crippen LogP contribution in [0.3, 0.4) is 0 Å². The summed E-state index contributed by atoms with van der Waals surface area (Å²) in [4.78, 5) is 3.90. The molecule has 144 valence electrons. The summed E-state index contributed by atoms with van der Waals surface area (Å²) < 4.78 is 51.7. The molecule has 1 saturated carbocycles. The van der Waals surface area contributed by atoms with E-state index < -0.39 is 15.8 Å². The van der Waals surface area contributed by atoms with E-state index in [0.29, 0.717) is 32.2 Å². The third kappa shape index (κ3) is 3.46. The number of pyridine rings is 1. The van der Waals surface area contributed by atoms with Crippen LogP contribution in [0.1, 0.15) is 38.5 Å². The van der Waals surface area contributed by atoms with E-state index in [2.05, 4.69) is 4.98 Å². The van der Waals surface area contributed by atoms with Crippen molar-refractivity contribution in [1.82, 2.24) is 9.29 Å².